The van der Waals surface area contributed by atoms with Crippen LogP contribution in [-0.4, -0.2) is 32.3 Å². The van der Waals surface area contributed by atoms with Gasteiger partial charge in [0.1, 0.15) is 0 Å². The molecule has 0 aliphatic heterocycles. The van der Waals surface area contributed by atoms with Crippen LogP contribution < -0.4 is 11.1 Å². The van der Waals surface area contributed by atoms with Crippen LogP contribution in [0.4, 0.5) is 0 Å². The topological polar surface area (TPSA) is 59.6 Å². The molecule has 0 saturated heterocycles. The molecule has 108 valence electrons. The lowest BCUT2D eigenvalue weighted by atomic mass is 9.94. The minimum absolute atomic E-state index is 0. The first kappa shape index (κ1) is 18.0. The number of nitrogens with zero attached hydrogens (tertiary/aromatic N) is 1. The number of ether oxygens (including phenoxy) is 1. The van der Waals surface area contributed by atoms with E-state index in [-0.39, 0.29) is 30.0 Å². The third kappa shape index (κ3) is 6.78. The first-order valence-corrected chi connectivity index (χ1v) is 6.53. The number of guanidine groups is 1. The van der Waals surface area contributed by atoms with E-state index in [1.165, 1.54) is 19.3 Å². The molecule has 1 fully saturated rings. The molecule has 0 spiro atoms. The third-order valence-corrected chi connectivity index (χ3v) is 3.19. The lowest BCUT2D eigenvalue weighted by Gasteiger charge is -2.17. The molecular formula is C13H28IN3O. The van der Waals surface area contributed by atoms with Gasteiger partial charge in [-0.1, -0.05) is 13.8 Å². The van der Waals surface area contributed by atoms with Crippen LogP contribution in [0.3, 0.4) is 0 Å². The van der Waals surface area contributed by atoms with Crippen molar-refractivity contribution < 1.29 is 4.74 Å². The summed E-state index contributed by atoms with van der Waals surface area (Å²) in [5.74, 6) is 1.29. The van der Waals surface area contributed by atoms with Gasteiger partial charge in [0.2, 0.25) is 0 Å². The van der Waals surface area contributed by atoms with Crippen LogP contribution in [0.5, 0.6) is 0 Å². The molecule has 1 unspecified atom stereocenters. The fourth-order valence-corrected chi connectivity index (χ4v) is 2.31. The molecule has 1 atom stereocenters. The van der Waals surface area contributed by atoms with Gasteiger partial charge in [0, 0.05) is 19.7 Å². The number of nitrogens with two attached hydrogens (primary N) is 1. The van der Waals surface area contributed by atoms with Crippen LogP contribution in [0.1, 0.15) is 40.0 Å². The smallest absolute Gasteiger partial charge is 0.188 e. The Hall–Kier alpha value is -0.0400. The van der Waals surface area contributed by atoms with Gasteiger partial charge in [-0.05, 0) is 37.5 Å². The molecular weight excluding hydrogens is 341 g/mol. The summed E-state index contributed by atoms with van der Waals surface area (Å²) in [6, 6.07) is 0.212. The second kappa shape index (κ2) is 8.19. The van der Waals surface area contributed by atoms with Crippen molar-refractivity contribution >= 4 is 29.9 Å². The van der Waals surface area contributed by atoms with Crippen LogP contribution in [0, 0.1) is 11.3 Å². The van der Waals surface area contributed by atoms with E-state index in [2.05, 4.69) is 24.2 Å². The molecule has 1 rings (SSSR count). The van der Waals surface area contributed by atoms with Gasteiger partial charge in [-0.15, -0.1) is 24.0 Å². The fraction of sp³-hybridized carbons (Fsp3) is 0.923. The minimum Gasteiger partial charge on any atom is -0.383 e. The molecule has 1 aliphatic rings. The molecule has 0 radical (unpaired) electrons. The Bertz CT molecular complexity index is 265. The molecule has 0 heterocycles. The summed E-state index contributed by atoms with van der Waals surface area (Å²) >= 11 is 0. The van der Waals surface area contributed by atoms with Crippen LogP contribution in [-0.2, 0) is 4.74 Å². The highest BCUT2D eigenvalue weighted by atomic mass is 127. The Kier molecular flexibility index (Phi) is 8.18. The monoisotopic (exact) mass is 369 g/mol. The zero-order valence-electron chi connectivity index (χ0n) is 12.0. The Morgan fingerprint density at radius 1 is 1.39 bits per heavy atom. The molecule has 0 aromatic carbocycles. The van der Waals surface area contributed by atoms with Crippen molar-refractivity contribution in [3.05, 3.63) is 0 Å². The number of rotatable bonds is 7. The molecule has 5 heteroatoms. The van der Waals surface area contributed by atoms with E-state index in [9.17, 15) is 0 Å². The van der Waals surface area contributed by atoms with Crippen molar-refractivity contribution in [3.8, 4) is 0 Å². The van der Waals surface area contributed by atoms with E-state index in [1.807, 2.05) is 6.92 Å². The second-order valence-electron chi connectivity index (χ2n) is 5.80. The summed E-state index contributed by atoms with van der Waals surface area (Å²) in [5, 5.41) is 3.14. The van der Waals surface area contributed by atoms with Gasteiger partial charge in [0.15, 0.2) is 5.96 Å². The number of hydrogen-bond acceptors (Lipinski definition) is 2. The van der Waals surface area contributed by atoms with E-state index < -0.39 is 0 Å². The van der Waals surface area contributed by atoms with Gasteiger partial charge >= 0.3 is 0 Å². The van der Waals surface area contributed by atoms with Crippen molar-refractivity contribution in [1.82, 2.24) is 5.32 Å². The highest BCUT2D eigenvalue weighted by Crippen LogP contribution is 2.50. The summed E-state index contributed by atoms with van der Waals surface area (Å²) in [6.07, 6.45) is 3.86. The Morgan fingerprint density at radius 2 is 2.00 bits per heavy atom. The van der Waals surface area contributed by atoms with E-state index in [4.69, 9.17) is 10.5 Å². The molecule has 0 aromatic heterocycles. The molecule has 1 aliphatic carbocycles. The third-order valence-electron chi connectivity index (χ3n) is 3.19. The summed E-state index contributed by atoms with van der Waals surface area (Å²) in [4.78, 5) is 4.46. The number of aliphatic imine (C=N–C) groups is 1. The summed E-state index contributed by atoms with van der Waals surface area (Å²) in [7, 11) is 1.69. The van der Waals surface area contributed by atoms with E-state index in [0.29, 0.717) is 18.0 Å². The van der Waals surface area contributed by atoms with Crippen molar-refractivity contribution in [3.63, 3.8) is 0 Å². The zero-order chi connectivity index (χ0) is 12.9. The van der Waals surface area contributed by atoms with E-state index in [0.717, 1.165) is 12.5 Å². The molecule has 1 saturated carbocycles. The van der Waals surface area contributed by atoms with Crippen LogP contribution in [0.15, 0.2) is 4.99 Å². The van der Waals surface area contributed by atoms with E-state index >= 15 is 0 Å². The molecule has 0 aromatic rings. The molecule has 0 amide bonds. The maximum atomic E-state index is 5.85. The van der Waals surface area contributed by atoms with Gasteiger partial charge in [-0.25, -0.2) is 0 Å². The standard InChI is InChI=1S/C13H27N3O.HI/c1-10(2)7-13(5-6-13)9-15-12(14)16-11(3)8-17-4;/h10-11H,5-9H2,1-4H3,(H3,14,15,16);1H. The highest BCUT2D eigenvalue weighted by molar-refractivity contribution is 14.0. The second-order valence-corrected chi connectivity index (χ2v) is 5.80. The Labute approximate surface area is 128 Å². The van der Waals surface area contributed by atoms with Crippen molar-refractivity contribution in [1.29, 1.82) is 0 Å². The predicted molar refractivity (Wildman–Crippen MR) is 87.5 cm³/mol. The van der Waals surface area contributed by atoms with Gasteiger partial charge in [-0.3, -0.25) is 4.99 Å². The van der Waals surface area contributed by atoms with Crippen molar-refractivity contribution in [2.45, 2.75) is 46.1 Å². The quantitative estimate of drug-likeness (QED) is 0.412. The van der Waals surface area contributed by atoms with Gasteiger partial charge in [0.25, 0.3) is 0 Å². The predicted octanol–water partition coefficient (Wildman–Crippen LogP) is 2.37. The zero-order valence-corrected chi connectivity index (χ0v) is 14.4. The van der Waals surface area contributed by atoms with Crippen molar-refractivity contribution in [2.24, 2.45) is 22.1 Å². The van der Waals surface area contributed by atoms with Crippen LogP contribution >= 0.6 is 24.0 Å². The average molecular weight is 369 g/mol. The largest absolute Gasteiger partial charge is 0.383 e. The van der Waals surface area contributed by atoms with Crippen molar-refractivity contribution in [2.75, 3.05) is 20.3 Å². The SMILES string of the molecule is COCC(C)NC(N)=NCC1(CC(C)C)CC1.I. The number of methoxy groups -OCH3 is 1. The Balaban J connectivity index is 0.00000289. The van der Waals surface area contributed by atoms with Gasteiger partial charge in [-0.2, -0.15) is 0 Å². The maximum absolute atomic E-state index is 5.85. The summed E-state index contributed by atoms with van der Waals surface area (Å²) in [6.45, 7) is 8.09. The summed E-state index contributed by atoms with van der Waals surface area (Å²) in [5.41, 5.74) is 6.30. The molecule has 3 N–H and O–H groups in total. The number of nitrogens with one attached hydrogen (secondary N) is 1. The number of hydrogen-bond donors (Lipinski definition) is 2. The highest BCUT2D eigenvalue weighted by Gasteiger charge is 2.42. The summed E-state index contributed by atoms with van der Waals surface area (Å²) < 4.78 is 5.04. The van der Waals surface area contributed by atoms with Gasteiger partial charge in [0.05, 0.1) is 6.61 Å². The Morgan fingerprint density at radius 3 is 2.44 bits per heavy atom. The van der Waals surface area contributed by atoms with Crippen LogP contribution in [0.2, 0.25) is 0 Å². The normalized spacial score (nSPS) is 19.3. The minimum atomic E-state index is 0. The van der Waals surface area contributed by atoms with Crippen LogP contribution in [0.25, 0.3) is 0 Å². The molecule has 0 bridgehead atoms. The maximum Gasteiger partial charge on any atom is 0.188 e. The first-order valence-electron chi connectivity index (χ1n) is 6.53. The average Bonchev–Trinajstić information content (AvgIpc) is 2.95. The molecule has 4 nitrogen and oxygen atoms in total. The number of halogens is 1. The van der Waals surface area contributed by atoms with E-state index in [1.54, 1.807) is 7.11 Å². The fourth-order valence-electron chi connectivity index (χ4n) is 2.31. The first-order chi connectivity index (χ1) is 7.97. The lowest BCUT2D eigenvalue weighted by Crippen LogP contribution is -2.41. The van der Waals surface area contributed by atoms with Gasteiger partial charge < -0.3 is 15.8 Å². The molecule has 18 heavy (non-hydrogen) atoms. The lowest BCUT2D eigenvalue weighted by molar-refractivity contribution is 0.179.